The SMILES string of the molecule is CS(=O)(=O)c1ccc(/C(=C/CCCO)c2ccc(C3CC3)c(=O)[nH]2)cc1. The normalized spacial score (nSPS) is 15.2. The number of aromatic nitrogens is 1. The number of aliphatic hydroxyl groups is 1. The molecule has 0 spiro atoms. The average Bonchev–Trinajstić information content (AvgIpc) is 3.43. The molecule has 0 amide bonds. The summed E-state index contributed by atoms with van der Waals surface area (Å²) in [5.74, 6) is 0.378. The Morgan fingerprint density at radius 2 is 1.88 bits per heavy atom. The summed E-state index contributed by atoms with van der Waals surface area (Å²) >= 11 is 0. The van der Waals surface area contributed by atoms with Crippen LogP contribution in [0.4, 0.5) is 0 Å². The molecule has 1 fully saturated rings. The Morgan fingerprint density at radius 1 is 1.19 bits per heavy atom. The first-order valence-corrected chi connectivity index (χ1v) is 10.6. The van der Waals surface area contributed by atoms with E-state index < -0.39 is 9.84 Å². The third-order valence-electron chi connectivity index (χ3n) is 4.55. The summed E-state index contributed by atoms with van der Waals surface area (Å²) in [5.41, 5.74) is 3.12. The van der Waals surface area contributed by atoms with Crippen LogP contribution in [0.15, 0.2) is 52.2 Å². The average molecular weight is 373 g/mol. The number of hydrogen-bond acceptors (Lipinski definition) is 4. The highest BCUT2D eigenvalue weighted by atomic mass is 32.2. The van der Waals surface area contributed by atoms with Gasteiger partial charge in [0.15, 0.2) is 9.84 Å². The van der Waals surface area contributed by atoms with Gasteiger partial charge in [-0.2, -0.15) is 0 Å². The second-order valence-electron chi connectivity index (χ2n) is 6.71. The van der Waals surface area contributed by atoms with Crippen molar-refractivity contribution in [2.24, 2.45) is 0 Å². The van der Waals surface area contributed by atoms with Crippen LogP contribution in [0.2, 0.25) is 0 Å². The van der Waals surface area contributed by atoms with Crippen molar-refractivity contribution < 1.29 is 13.5 Å². The van der Waals surface area contributed by atoms with Crippen molar-refractivity contribution in [2.45, 2.75) is 36.5 Å². The summed E-state index contributed by atoms with van der Waals surface area (Å²) in [5, 5.41) is 9.04. The van der Waals surface area contributed by atoms with Gasteiger partial charge in [-0.3, -0.25) is 4.79 Å². The number of unbranched alkanes of at least 4 members (excludes halogenated alkanes) is 1. The number of allylic oxidation sites excluding steroid dienone is 1. The van der Waals surface area contributed by atoms with Gasteiger partial charge in [-0.15, -0.1) is 0 Å². The lowest BCUT2D eigenvalue weighted by molar-refractivity contribution is 0.289. The van der Waals surface area contributed by atoms with Gasteiger partial charge in [0, 0.05) is 29.7 Å². The number of aromatic amines is 1. The summed E-state index contributed by atoms with van der Waals surface area (Å²) in [4.78, 5) is 15.6. The standard InChI is InChI=1S/C20H23NO4S/c1-26(24,25)16-9-7-14(8-10-16)17(4-2-3-13-22)19-12-11-18(15-5-6-15)20(23)21-19/h4,7-12,15,22H,2-3,5-6,13H2,1H3,(H,21,23)/b17-4-. The first-order chi connectivity index (χ1) is 12.4. The van der Waals surface area contributed by atoms with Crippen molar-refractivity contribution in [1.82, 2.24) is 4.98 Å². The monoisotopic (exact) mass is 373 g/mol. The van der Waals surface area contributed by atoms with E-state index >= 15 is 0 Å². The largest absolute Gasteiger partial charge is 0.396 e. The van der Waals surface area contributed by atoms with E-state index in [1.807, 2.05) is 18.2 Å². The number of H-pyrrole nitrogens is 1. The minimum atomic E-state index is -3.26. The van der Waals surface area contributed by atoms with E-state index in [2.05, 4.69) is 4.98 Å². The maximum atomic E-state index is 12.4. The third-order valence-corrected chi connectivity index (χ3v) is 5.68. The fourth-order valence-electron chi connectivity index (χ4n) is 2.96. The summed E-state index contributed by atoms with van der Waals surface area (Å²) in [7, 11) is -3.26. The molecule has 1 aromatic carbocycles. The number of rotatable bonds is 7. The zero-order valence-electron chi connectivity index (χ0n) is 14.7. The molecule has 5 nitrogen and oxygen atoms in total. The zero-order chi connectivity index (χ0) is 18.7. The molecule has 1 saturated carbocycles. The molecule has 26 heavy (non-hydrogen) atoms. The predicted molar refractivity (Wildman–Crippen MR) is 102 cm³/mol. The van der Waals surface area contributed by atoms with Gasteiger partial charge in [0.2, 0.25) is 0 Å². The lowest BCUT2D eigenvalue weighted by Gasteiger charge is -2.10. The smallest absolute Gasteiger partial charge is 0.251 e. The van der Waals surface area contributed by atoms with Crippen LogP contribution >= 0.6 is 0 Å². The van der Waals surface area contributed by atoms with Gasteiger partial charge < -0.3 is 10.1 Å². The zero-order valence-corrected chi connectivity index (χ0v) is 15.6. The molecule has 0 radical (unpaired) electrons. The highest BCUT2D eigenvalue weighted by Gasteiger charge is 2.26. The number of pyridine rings is 1. The number of nitrogens with one attached hydrogen (secondary N) is 1. The molecule has 1 heterocycles. The van der Waals surface area contributed by atoms with Crippen LogP contribution in [0.1, 0.15) is 48.4 Å². The quantitative estimate of drug-likeness (QED) is 0.731. The van der Waals surface area contributed by atoms with Crippen LogP contribution < -0.4 is 5.56 Å². The highest BCUT2D eigenvalue weighted by molar-refractivity contribution is 7.90. The molecule has 0 atom stereocenters. The molecule has 138 valence electrons. The van der Waals surface area contributed by atoms with E-state index in [1.165, 1.54) is 6.26 Å². The number of hydrogen-bond donors (Lipinski definition) is 2. The van der Waals surface area contributed by atoms with E-state index in [1.54, 1.807) is 24.3 Å². The molecule has 1 aliphatic rings. The minimum absolute atomic E-state index is 0.0641. The lowest BCUT2D eigenvalue weighted by Crippen LogP contribution is -2.13. The van der Waals surface area contributed by atoms with E-state index in [0.717, 1.165) is 29.5 Å². The molecular formula is C20H23NO4S. The minimum Gasteiger partial charge on any atom is -0.396 e. The van der Waals surface area contributed by atoms with Crippen molar-refractivity contribution in [3.05, 3.63) is 69.6 Å². The molecule has 3 rings (SSSR count). The fourth-order valence-corrected chi connectivity index (χ4v) is 3.59. The van der Waals surface area contributed by atoms with Crippen LogP contribution in [0.3, 0.4) is 0 Å². The van der Waals surface area contributed by atoms with Crippen LogP contribution in [0.5, 0.6) is 0 Å². The maximum Gasteiger partial charge on any atom is 0.251 e. The van der Waals surface area contributed by atoms with Gasteiger partial charge in [-0.05, 0) is 55.4 Å². The maximum absolute atomic E-state index is 12.4. The van der Waals surface area contributed by atoms with E-state index in [-0.39, 0.29) is 17.1 Å². The Balaban J connectivity index is 1.99. The Labute approximate surface area is 153 Å². The molecule has 0 unspecified atom stereocenters. The molecule has 1 aromatic heterocycles. The van der Waals surface area contributed by atoms with Gasteiger partial charge in [-0.25, -0.2) is 8.42 Å². The predicted octanol–water partition coefficient (Wildman–Crippen LogP) is 2.86. The second-order valence-corrected chi connectivity index (χ2v) is 8.73. The first-order valence-electron chi connectivity index (χ1n) is 8.75. The lowest BCUT2D eigenvalue weighted by atomic mass is 9.99. The Kier molecular flexibility index (Phi) is 5.44. The molecule has 0 saturated heterocycles. The van der Waals surface area contributed by atoms with Crippen LogP contribution in [-0.4, -0.2) is 31.4 Å². The number of sulfone groups is 1. The molecular weight excluding hydrogens is 350 g/mol. The molecule has 2 N–H and O–H groups in total. The van der Waals surface area contributed by atoms with Gasteiger partial charge in [0.1, 0.15) is 0 Å². The molecule has 0 aliphatic heterocycles. The van der Waals surface area contributed by atoms with Gasteiger partial charge in [0.25, 0.3) is 5.56 Å². The van der Waals surface area contributed by atoms with E-state index in [4.69, 9.17) is 5.11 Å². The van der Waals surface area contributed by atoms with Gasteiger partial charge >= 0.3 is 0 Å². The molecule has 6 heteroatoms. The number of aliphatic hydroxyl groups excluding tert-OH is 1. The van der Waals surface area contributed by atoms with Crippen molar-refractivity contribution in [3.63, 3.8) is 0 Å². The highest BCUT2D eigenvalue weighted by Crippen LogP contribution is 2.38. The second kappa shape index (κ2) is 7.60. The van der Waals surface area contributed by atoms with Crippen molar-refractivity contribution in [1.29, 1.82) is 0 Å². The van der Waals surface area contributed by atoms with Gasteiger partial charge in [0.05, 0.1) is 4.90 Å². The van der Waals surface area contributed by atoms with Crippen molar-refractivity contribution in [2.75, 3.05) is 12.9 Å². The fraction of sp³-hybridized carbons (Fsp3) is 0.350. The van der Waals surface area contributed by atoms with Crippen LogP contribution in [-0.2, 0) is 9.84 Å². The van der Waals surface area contributed by atoms with Gasteiger partial charge in [-0.1, -0.05) is 24.3 Å². The molecule has 0 bridgehead atoms. The van der Waals surface area contributed by atoms with E-state index in [0.29, 0.717) is 24.5 Å². The van der Waals surface area contributed by atoms with Crippen LogP contribution in [0.25, 0.3) is 5.57 Å². The summed E-state index contributed by atoms with van der Waals surface area (Å²) < 4.78 is 23.3. The first kappa shape index (κ1) is 18.6. The Bertz CT molecular complexity index is 968. The topological polar surface area (TPSA) is 87.2 Å². The molecule has 1 aliphatic carbocycles. The van der Waals surface area contributed by atoms with Crippen molar-refractivity contribution in [3.8, 4) is 0 Å². The Morgan fingerprint density at radius 3 is 2.42 bits per heavy atom. The van der Waals surface area contributed by atoms with Crippen LogP contribution in [0, 0.1) is 0 Å². The summed E-state index contributed by atoms with van der Waals surface area (Å²) in [6.45, 7) is 0.0912. The summed E-state index contributed by atoms with van der Waals surface area (Å²) in [6, 6.07) is 10.4. The van der Waals surface area contributed by atoms with Crippen molar-refractivity contribution >= 4 is 15.4 Å². The number of benzene rings is 1. The Hall–Kier alpha value is -2.18. The van der Waals surface area contributed by atoms with E-state index in [9.17, 15) is 13.2 Å². The molecule has 2 aromatic rings. The third kappa shape index (κ3) is 4.31. The summed E-state index contributed by atoms with van der Waals surface area (Å²) in [6.07, 6.45) is 6.55.